The molecule has 0 radical (unpaired) electrons. The molecule has 0 saturated heterocycles. The Labute approximate surface area is 132 Å². The SMILES string of the molecule is Cc1noc2ncnc(NCC(=O)N3CCc4ccccc43)c12. The maximum Gasteiger partial charge on any atom is 0.263 e. The third-order valence-corrected chi connectivity index (χ3v) is 4.04. The quantitative estimate of drug-likeness (QED) is 0.796. The molecule has 4 rings (SSSR count). The molecule has 3 aromatic rings. The molecule has 3 heterocycles. The number of rotatable bonds is 3. The Kier molecular flexibility index (Phi) is 3.18. The Hall–Kier alpha value is -2.96. The van der Waals surface area contributed by atoms with Gasteiger partial charge in [-0.05, 0) is 25.0 Å². The lowest BCUT2D eigenvalue weighted by Gasteiger charge is -2.17. The molecule has 0 unspecified atom stereocenters. The summed E-state index contributed by atoms with van der Waals surface area (Å²) in [5.74, 6) is 0.574. The number of hydrogen-bond donors (Lipinski definition) is 1. The summed E-state index contributed by atoms with van der Waals surface area (Å²) >= 11 is 0. The van der Waals surface area contributed by atoms with Crippen LogP contribution < -0.4 is 10.2 Å². The molecule has 0 fully saturated rings. The van der Waals surface area contributed by atoms with Gasteiger partial charge >= 0.3 is 0 Å². The average molecular weight is 309 g/mol. The third kappa shape index (κ3) is 2.30. The normalized spacial score (nSPS) is 13.3. The van der Waals surface area contributed by atoms with Crippen molar-refractivity contribution < 1.29 is 9.32 Å². The van der Waals surface area contributed by atoms with E-state index in [1.165, 1.54) is 11.9 Å². The minimum Gasteiger partial charge on any atom is -0.360 e. The molecular formula is C16H15N5O2. The molecule has 0 saturated carbocycles. The zero-order valence-corrected chi connectivity index (χ0v) is 12.6. The summed E-state index contributed by atoms with van der Waals surface area (Å²) in [6.07, 6.45) is 2.29. The minimum atomic E-state index is 0.0100. The van der Waals surface area contributed by atoms with Crippen LogP contribution in [0.4, 0.5) is 11.5 Å². The summed E-state index contributed by atoms with van der Waals surface area (Å²) in [5, 5.41) is 7.67. The number of carbonyl (C=O) groups excluding carboxylic acids is 1. The van der Waals surface area contributed by atoms with Crippen molar-refractivity contribution in [2.45, 2.75) is 13.3 Å². The van der Waals surface area contributed by atoms with Gasteiger partial charge in [0.2, 0.25) is 5.91 Å². The van der Waals surface area contributed by atoms with Gasteiger partial charge in [0.1, 0.15) is 17.5 Å². The molecule has 0 atom stereocenters. The highest BCUT2D eigenvalue weighted by molar-refractivity contribution is 5.99. The number of amides is 1. The van der Waals surface area contributed by atoms with E-state index in [2.05, 4.69) is 26.5 Å². The van der Waals surface area contributed by atoms with Gasteiger partial charge < -0.3 is 14.7 Å². The van der Waals surface area contributed by atoms with E-state index in [1.807, 2.05) is 25.1 Å². The summed E-state index contributed by atoms with van der Waals surface area (Å²) < 4.78 is 5.11. The molecule has 0 spiro atoms. The molecule has 7 nitrogen and oxygen atoms in total. The first-order valence-corrected chi connectivity index (χ1v) is 7.43. The molecule has 2 aromatic heterocycles. The number of aryl methyl sites for hydroxylation is 1. The molecule has 1 aliphatic rings. The second-order valence-corrected chi connectivity index (χ2v) is 5.45. The molecule has 116 valence electrons. The van der Waals surface area contributed by atoms with E-state index in [0.717, 1.165) is 12.1 Å². The van der Waals surface area contributed by atoms with Crippen LogP contribution in [0.25, 0.3) is 11.1 Å². The van der Waals surface area contributed by atoms with E-state index in [-0.39, 0.29) is 12.5 Å². The number of nitrogens with one attached hydrogen (secondary N) is 1. The fourth-order valence-electron chi connectivity index (χ4n) is 2.91. The number of hydrogen-bond acceptors (Lipinski definition) is 6. The van der Waals surface area contributed by atoms with Gasteiger partial charge in [0, 0.05) is 12.2 Å². The summed E-state index contributed by atoms with van der Waals surface area (Å²) in [6.45, 7) is 2.69. The predicted octanol–water partition coefficient (Wildman–Crippen LogP) is 1.93. The van der Waals surface area contributed by atoms with Crippen LogP contribution in [-0.2, 0) is 11.2 Å². The largest absolute Gasteiger partial charge is 0.360 e. The van der Waals surface area contributed by atoms with E-state index in [9.17, 15) is 4.79 Å². The van der Waals surface area contributed by atoms with E-state index in [1.54, 1.807) is 4.90 Å². The van der Waals surface area contributed by atoms with Crippen LogP contribution in [0.5, 0.6) is 0 Å². The first-order chi connectivity index (χ1) is 11.2. The van der Waals surface area contributed by atoms with Gasteiger partial charge in [-0.1, -0.05) is 23.4 Å². The number of benzene rings is 1. The Morgan fingerprint density at radius 3 is 3.13 bits per heavy atom. The summed E-state index contributed by atoms with van der Waals surface area (Å²) in [4.78, 5) is 22.5. The Morgan fingerprint density at radius 2 is 2.22 bits per heavy atom. The third-order valence-electron chi connectivity index (χ3n) is 4.04. The molecule has 1 aliphatic heterocycles. The lowest BCUT2D eigenvalue weighted by Crippen LogP contribution is -2.34. The molecular weight excluding hydrogens is 294 g/mol. The zero-order chi connectivity index (χ0) is 15.8. The average Bonchev–Trinajstić information content (AvgIpc) is 3.17. The van der Waals surface area contributed by atoms with Crippen molar-refractivity contribution in [1.82, 2.24) is 15.1 Å². The molecule has 1 amide bonds. The van der Waals surface area contributed by atoms with Crippen LogP contribution in [0.15, 0.2) is 35.1 Å². The number of nitrogens with zero attached hydrogens (tertiary/aromatic N) is 4. The summed E-state index contributed by atoms with van der Waals surface area (Å²) in [6, 6.07) is 7.99. The molecule has 23 heavy (non-hydrogen) atoms. The van der Waals surface area contributed by atoms with Crippen molar-refractivity contribution in [2.24, 2.45) is 0 Å². The number of fused-ring (bicyclic) bond motifs is 2. The lowest BCUT2D eigenvalue weighted by atomic mass is 10.2. The maximum atomic E-state index is 12.5. The number of carbonyl (C=O) groups is 1. The Bertz CT molecular complexity index is 889. The van der Waals surface area contributed by atoms with Crippen LogP contribution in [0.3, 0.4) is 0 Å². The molecule has 0 aliphatic carbocycles. The van der Waals surface area contributed by atoms with Gasteiger partial charge in [-0.15, -0.1) is 0 Å². The Balaban J connectivity index is 1.53. The van der Waals surface area contributed by atoms with Crippen molar-refractivity contribution in [1.29, 1.82) is 0 Å². The van der Waals surface area contributed by atoms with Gasteiger partial charge in [-0.25, -0.2) is 4.98 Å². The van der Waals surface area contributed by atoms with Crippen LogP contribution in [0, 0.1) is 6.92 Å². The van der Waals surface area contributed by atoms with E-state index in [4.69, 9.17) is 4.52 Å². The van der Waals surface area contributed by atoms with Gasteiger partial charge in [-0.2, -0.15) is 4.98 Å². The van der Waals surface area contributed by atoms with Crippen molar-refractivity contribution in [3.05, 3.63) is 41.9 Å². The minimum absolute atomic E-state index is 0.0100. The van der Waals surface area contributed by atoms with E-state index >= 15 is 0 Å². The fourth-order valence-corrected chi connectivity index (χ4v) is 2.91. The molecule has 1 aromatic carbocycles. The van der Waals surface area contributed by atoms with Crippen LogP contribution in [-0.4, -0.2) is 34.1 Å². The number of anilines is 2. The van der Waals surface area contributed by atoms with Crippen molar-refractivity contribution in [3.8, 4) is 0 Å². The number of para-hydroxylation sites is 1. The van der Waals surface area contributed by atoms with Crippen molar-refractivity contribution >= 4 is 28.5 Å². The second kappa shape index (κ2) is 5.35. The smallest absolute Gasteiger partial charge is 0.263 e. The standard InChI is InChI=1S/C16H15N5O2/c1-10-14-15(18-9-19-16(14)23-20-10)17-8-13(22)21-7-6-11-4-2-3-5-12(11)21/h2-5,9H,6-8H2,1H3,(H,17,18,19). The van der Waals surface area contributed by atoms with Gasteiger partial charge in [0.15, 0.2) is 0 Å². The lowest BCUT2D eigenvalue weighted by molar-refractivity contribution is -0.116. The van der Waals surface area contributed by atoms with Crippen LogP contribution in [0.2, 0.25) is 0 Å². The second-order valence-electron chi connectivity index (χ2n) is 5.45. The van der Waals surface area contributed by atoms with E-state index in [0.29, 0.717) is 29.2 Å². The fraction of sp³-hybridized carbons (Fsp3) is 0.250. The molecule has 7 heteroatoms. The topological polar surface area (TPSA) is 84.1 Å². The van der Waals surface area contributed by atoms with Crippen molar-refractivity contribution in [2.75, 3.05) is 23.3 Å². The van der Waals surface area contributed by atoms with Gasteiger partial charge in [-0.3, -0.25) is 4.79 Å². The zero-order valence-electron chi connectivity index (χ0n) is 12.6. The Morgan fingerprint density at radius 1 is 1.35 bits per heavy atom. The van der Waals surface area contributed by atoms with Crippen LogP contribution >= 0.6 is 0 Å². The predicted molar refractivity (Wildman–Crippen MR) is 85.3 cm³/mol. The molecule has 0 bridgehead atoms. The highest BCUT2D eigenvalue weighted by Gasteiger charge is 2.24. The highest BCUT2D eigenvalue weighted by Crippen LogP contribution is 2.27. The first kappa shape index (κ1) is 13.7. The highest BCUT2D eigenvalue weighted by atomic mass is 16.5. The summed E-state index contributed by atoms with van der Waals surface area (Å²) in [7, 11) is 0. The maximum absolute atomic E-state index is 12.5. The van der Waals surface area contributed by atoms with Crippen LogP contribution in [0.1, 0.15) is 11.3 Å². The number of aromatic nitrogens is 3. The molecule has 1 N–H and O–H groups in total. The summed E-state index contributed by atoms with van der Waals surface area (Å²) in [5.41, 5.74) is 3.31. The monoisotopic (exact) mass is 309 g/mol. The van der Waals surface area contributed by atoms with Crippen molar-refractivity contribution in [3.63, 3.8) is 0 Å². The van der Waals surface area contributed by atoms with E-state index < -0.39 is 0 Å². The first-order valence-electron chi connectivity index (χ1n) is 7.43. The van der Waals surface area contributed by atoms with Gasteiger partial charge in [0.05, 0.1) is 12.2 Å². The van der Waals surface area contributed by atoms with Gasteiger partial charge in [0.25, 0.3) is 5.71 Å².